The number of thioether (sulfide) groups is 1. The zero-order valence-corrected chi connectivity index (χ0v) is 16.0. The van der Waals surface area contributed by atoms with Gasteiger partial charge < -0.3 is 9.88 Å². The number of rotatable bonds is 6. The first kappa shape index (κ1) is 19.4. The van der Waals surface area contributed by atoms with Gasteiger partial charge in [-0.1, -0.05) is 17.8 Å². The van der Waals surface area contributed by atoms with E-state index in [2.05, 4.69) is 15.5 Å². The Bertz CT molecular complexity index is 959. The molecule has 0 fully saturated rings. The Hall–Kier alpha value is -2.33. The normalized spacial score (nSPS) is 12.2. The van der Waals surface area contributed by atoms with Gasteiger partial charge in [-0.2, -0.15) is 0 Å². The van der Waals surface area contributed by atoms with Crippen LogP contribution < -0.4 is 5.32 Å². The second-order valence-electron chi connectivity index (χ2n) is 5.69. The van der Waals surface area contributed by atoms with E-state index >= 15 is 0 Å². The lowest BCUT2D eigenvalue weighted by Crippen LogP contribution is -2.23. The lowest BCUT2D eigenvalue weighted by Gasteiger charge is -2.12. The number of amides is 1. The van der Waals surface area contributed by atoms with Crippen molar-refractivity contribution in [2.24, 2.45) is 7.05 Å². The minimum atomic E-state index is -1.63. The van der Waals surface area contributed by atoms with Crippen molar-refractivity contribution in [3.05, 3.63) is 57.8 Å². The summed E-state index contributed by atoms with van der Waals surface area (Å²) >= 11 is 2.75. The molecule has 27 heavy (non-hydrogen) atoms. The van der Waals surface area contributed by atoms with Crippen LogP contribution in [0.15, 0.2) is 34.8 Å². The summed E-state index contributed by atoms with van der Waals surface area (Å²) in [4.78, 5) is 13.4. The lowest BCUT2D eigenvalue weighted by molar-refractivity contribution is -0.115. The third kappa shape index (κ3) is 4.33. The first-order valence-electron chi connectivity index (χ1n) is 7.88. The standard InChI is InChI=1S/C17H15F3N4OS2/c1-9(16(25)21-12-6-5-11(18)14(19)15(12)20)27-17-23-22-13(24(17)2)8-10-4-3-7-26-10/h3-7,9H,8H2,1-2H3,(H,21,25)/t9-/m1/s1. The number of aromatic nitrogens is 3. The Kier molecular flexibility index (Phi) is 5.85. The van der Waals surface area contributed by atoms with E-state index in [1.807, 2.05) is 17.5 Å². The summed E-state index contributed by atoms with van der Waals surface area (Å²) in [6.45, 7) is 1.60. The number of halogens is 3. The van der Waals surface area contributed by atoms with Crippen LogP contribution in [0.1, 0.15) is 17.6 Å². The summed E-state index contributed by atoms with van der Waals surface area (Å²) in [5.74, 6) is -4.19. The van der Waals surface area contributed by atoms with Gasteiger partial charge in [0.05, 0.1) is 10.9 Å². The van der Waals surface area contributed by atoms with E-state index in [0.717, 1.165) is 34.6 Å². The number of carbonyl (C=O) groups excluding carboxylic acids is 1. The molecule has 1 aromatic carbocycles. The van der Waals surface area contributed by atoms with Crippen LogP contribution in [-0.2, 0) is 18.3 Å². The van der Waals surface area contributed by atoms with Crippen LogP contribution in [0.3, 0.4) is 0 Å². The maximum absolute atomic E-state index is 13.7. The highest BCUT2D eigenvalue weighted by Gasteiger charge is 2.21. The molecule has 0 radical (unpaired) electrons. The van der Waals surface area contributed by atoms with Gasteiger partial charge in [0, 0.05) is 18.3 Å². The predicted molar refractivity (Wildman–Crippen MR) is 98.4 cm³/mol. The number of benzene rings is 1. The molecule has 3 rings (SSSR count). The molecule has 2 heterocycles. The quantitative estimate of drug-likeness (QED) is 0.491. The van der Waals surface area contributed by atoms with E-state index in [9.17, 15) is 18.0 Å². The van der Waals surface area contributed by atoms with E-state index in [0.29, 0.717) is 11.6 Å². The van der Waals surface area contributed by atoms with Crippen molar-refractivity contribution in [2.75, 3.05) is 5.32 Å². The number of carbonyl (C=O) groups is 1. The third-order valence-corrected chi connectivity index (χ3v) is 5.79. The van der Waals surface area contributed by atoms with Crippen molar-refractivity contribution >= 4 is 34.7 Å². The van der Waals surface area contributed by atoms with E-state index in [1.54, 1.807) is 29.9 Å². The van der Waals surface area contributed by atoms with Gasteiger partial charge in [-0.15, -0.1) is 21.5 Å². The van der Waals surface area contributed by atoms with Gasteiger partial charge in [-0.3, -0.25) is 4.79 Å². The van der Waals surface area contributed by atoms with Gasteiger partial charge in [0.25, 0.3) is 0 Å². The van der Waals surface area contributed by atoms with Crippen molar-refractivity contribution in [1.82, 2.24) is 14.8 Å². The maximum Gasteiger partial charge on any atom is 0.237 e. The molecule has 0 saturated carbocycles. The molecule has 0 aliphatic carbocycles. The molecule has 3 aromatic rings. The summed E-state index contributed by atoms with van der Waals surface area (Å²) in [5, 5.41) is 12.3. The number of hydrogen-bond donors (Lipinski definition) is 1. The first-order chi connectivity index (χ1) is 12.9. The molecule has 0 aliphatic rings. The van der Waals surface area contributed by atoms with Crippen molar-refractivity contribution in [3.8, 4) is 0 Å². The van der Waals surface area contributed by atoms with E-state index in [4.69, 9.17) is 0 Å². The van der Waals surface area contributed by atoms with Crippen LogP contribution in [0.2, 0.25) is 0 Å². The molecule has 1 atom stereocenters. The Morgan fingerprint density at radius 3 is 2.74 bits per heavy atom. The topological polar surface area (TPSA) is 59.8 Å². The van der Waals surface area contributed by atoms with Gasteiger partial charge in [0.2, 0.25) is 5.91 Å². The van der Waals surface area contributed by atoms with Crippen molar-refractivity contribution in [2.45, 2.75) is 23.8 Å². The molecule has 1 N–H and O–H groups in total. The number of nitrogens with zero attached hydrogens (tertiary/aromatic N) is 3. The molecule has 142 valence electrons. The molecule has 0 saturated heterocycles. The largest absolute Gasteiger partial charge is 0.323 e. The minimum absolute atomic E-state index is 0.414. The molecule has 2 aromatic heterocycles. The van der Waals surface area contributed by atoms with Crippen LogP contribution in [0, 0.1) is 17.5 Å². The number of hydrogen-bond acceptors (Lipinski definition) is 5. The van der Waals surface area contributed by atoms with Gasteiger partial charge in [0.15, 0.2) is 22.6 Å². The average molecular weight is 412 g/mol. The monoisotopic (exact) mass is 412 g/mol. The molecule has 5 nitrogen and oxygen atoms in total. The molecule has 0 bridgehead atoms. The summed E-state index contributed by atoms with van der Waals surface area (Å²) < 4.78 is 41.7. The SMILES string of the molecule is C[C@@H](Sc1nnc(Cc2cccs2)n1C)C(=O)Nc1ccc(F)c(F)c1F. The molecule has 0 unspecified atom stereocenters. The van der Waals surface area contributed by atoms with E-state index in [1.165, 1.54) is 0 Å². The van der Waals surface area contributed by atoms with Crippen molar-refractivity contribution in [3.63, 3.8) is 0 Å². The van der Waals surface area contributed by atoms with Crippen LogP contribution in [0.25, 0.3) is 0 Å². The van der Waals surface area contributed by atoms with Crippen molar-refractivity contribution < 1.29 is 18.0 Å². The zero-order valence-electron chi connectivity index (χ0n) is 14.4. The second-order valence-corrected chi connectivity index (χ2v) is 8.03. The fourth-order valence-electron chi connectivity index (χ4n) is 2.24. The van der Waals surface area contributed by atoms with E-state index < -0.39 is 34.3 Å². The molecular formula is C17H15F3N4OS2. The maximum atomic E-state index is 13.7. The summed E-state index contributed by atoms with van der Waals surface area (Å²) in [7, 11) is 1.80. The Balaban J connectivity index is 1.67. The van der Waals surface area contributed by atoms with Crippen LogP contribution >= 0.6 is 23.1 Å². The van der Waals surface area contributed by atoms with Crippen LogP contribution in [-0.4, -0.2) is 25.9 Å². The highest BCUT2D eigenvalue weighted by atomic mass is 32.2. The second kappa shape index (κ2) is 8.13. The number of nitrogens with one attached hydrogen (secondary N) is 1. The summed E-state index contributed by atoms with van der Waals surface area (Å²) in [6.07, 6.45) is 0.627. The van der Waals surface area contributed by atoms with Gasteiger partial charge in [0.1, 0.15) is 5.82 Å². The van der Waals surface area contributed by atoms with Crippen LogP contribution in [0.4, 0.5) is 18.9 Å². The Morgan fingerprint density at radius 1 is 1.26 bits per heavy atom. The molecule has 10 heteroatoms. The van der Waals surface area contributed by atoms with Crippen LogP contribution in [0.5, 0.6) is 0 Å². The smallest absolute Gasteiger partial charge is 0.237 e. The number of thiophene rings is 1. The predicted octanol–water partition coefficient (Wildman–Crippen LogP) is 4.00. The number of anilines is 1. The highest BCUT2D eigenvalue weighted by Crippen LogP contribution is 2.25. The fourth-order valence-corrected chi connectivity index (χ4v) is 3.77. The lowest BCUT2D eigenvalue weighted by atomic mass is 10.2. The van der Waals surface area contributed by atoms with Gasteiger partial charge in [-0.25, -0.2) is 13.2 Å². The molecule has 1 amide bonds. The fraction of sp³-hybridized carbons (Fsp3) is 0.235. The van der Waals surface area contributed by atoms with Gasteiger partial charge in [-0.05, 0) is 30.5 Å². The third-order valence-electron chi connectivity index (χ3n) is 3.78. The van der Waals surface area contributed by atoms with E-state index in [-0.39, 0.29) is 0 Å². The zero-order chi connectivity index (χ0) is 19.6. The van der Waals surface area contributed by atoms with Gasteiger partial charge >= 0.3 is 0 Å². The summed E-state index contributed by atoms with van der Waals surface area (Å²) in [5.41, 5.74) is -0.414. The average Bonchev–Trinajstić information content (AvgIpc) is 3.27. The molecular weight excluding hydrogens is 397 g/mol. The minimum Gasteiger partial charge on any atom is -0.323 e. The Labute approximate surface area is 161 Å². The highest BCUT2D eigenvalue weighted by molar-refractivity contribution is 8.00. The van der Waals surface area contributed by atoms with Crippen molar-refractivity contribution in [1.29, 1.82) is 0 Å². The molecule has 0 aliphatic heterocycles. The Morgan fingerprint density at radius 2 is 2.04 bits per heavy atom. The first-order valence-corrected chi connectivity index (χ1v) is 9.64. The summed E-state index contributed by atoms with van der Waals surface area (Å²) in [6, 6.07) is 5.68. The molecule has 0 spiro atoms.